The van der Waals surface area contributed by atoms with Crippen molar-refractivity contribution < 1.29 is 18.0 Å². The topological polar surface area (TPSA) is 78.1 Å². The van der Waals surface area contributed by atoms with Crippen molar-refractivity contribution in [2.75, 3.05) is 18.4 Å². The Balaban J connectivity index is 1.69. The smallest absolute Gasteiger partial charge is 0.324 e. The molecule has 2 N–H and O–H groups in total. The van der Waals surface area contributed by atoms with Crippen LogP contribution in [-0.2, 0) is 6.18 Å². The van der Waals surface area contributed by atoms with Gasteiger partial charge in [-0.2, -0.15) is 13.2 Å². The van der Waals surface area contributed by atoms with Crippen molar-refractivity contribution in [1.82, 2.24) is 14.9 Å². The first kappa shape index (κ1) is 20.6. The zero-order valence-electron chi connectivity index (χ0n) is 16.4. The summed E-state index contributed by atoms with van der Waals surface area (Å²) in [6, 6.07) is 10.8. The monoisotopic (exact) mass is 428 g/mol. The number of urea groups is 1. The van der Waals surface area contributed by atoms with E-state index in [1.165, 1.54) is 36.5 Å². The summed E-state index contributed by atoms with van der Waals surface area (Å²) in [5.74, 6) is 0.298. The van der Waals surface area contributed by atoms with Crippen LogP contribution in [0.2, 0.25) is 0 Å². The number of alkyl halides is 3. The highest BCUT2D eigenvalue weighted by molar-refractivity contribution is 5.89. The van der Waals surface area contributed by atoms with Crippen LogP contribution in [0.3, 0.4) is 0 Å². The molecule has 1 aliphatic heterocycles. The lowest BCUT2D eigenvalue weighted by Gasteiger charge is -2.16. The number of carbonyl (C=O) groups excluding carboxylic acids is 1. The number of aromatic amines is 1. The summed E-state index contributed by atoms with van der Waals surface area (Å²) in [7, 11) is 0. The van der Waals surface area contributed by atoms with Gasteiger partial charge in [0.25, 0.3) is 0 Å². The molecule has 2 amide bonds. The van der Waals surface area contributed by atoms with Gasteiger partial charge in [0.2, 0.25) is 5.56 Å². The fourth-order valence-corrected chi connectivity index (χ4v) is 3.61. The van der Waals surface area contributed by atoms with Gasteiger partial charge < -0.3 is 9.88 Å². The first-order valence-electron chi connectivity index (χ1n) is 9.74. The zero-order valence-corrected chi connectivity index (χ0v) is 16.4. The van der Waals surface area contributed by atoms with Crippen molar-refractivity contribution in [2.45, 2.75) is 19.0 Å². The van der Waals surface area contributed by atoms with Gasteiger partial charge in [0.15, 0.2) is 0 Å². The van der Waals surface area contributed by atoms with Gasteiger partial charge in [0, 0.05) is 36.6 Å². The molecule has 1 saturated heterocycles. The standard InChI is InChI=1S/C22H19F3N4O2/c23-22(24,25)17-6-2-1-5-16(17)18-11-15(13-20(30)27-18)14-7-8-26-19(12-14)28-21(31)29-9-3-4-10-29/h1-2,5-8,11-13H,3-4,9-10H2,(H,27,30)(H,26,28,31). The summed E-state index contributed by atoms with van der Waals surface area (Å²) in [6.07, 6.45) is -1.18. The molecule has 1 fully saturated rings. The van der Waals surface area contributed by atoms with Crippen LogP contribution in [0.1, 0.15) is 18.4 Å². The van der Waals surface area contributed by atoms with Crippen LogP contribution in [0.4, 0.5) is 23.8 Å². The number of likely N-dealkylation sites (tertiary alicyclic amines) is 1. The van der Waals surface area contributed by atoms with E-state index in [9.17, 15) is 22.8 Å². The summed E-state index contributed by atoms with van der Waals surface area (Å²) < 4.78 is 40.2. The number of amides is 2. The van der Waals surface area contributed by atoms with Gasteiger partial charge in [-0.3, -0.25) is 10.1 Å². The van der Waals surface area contributed by atoms with E-state index in [-0.39, 0.29) is 17.3 Å². The molecule has 3 heterocycles. The Bertz CT molecular complexity index is 1170. The number of benzene rings is 1. The number of anilines is 1. The molecule has 1 aromatic carbocycles. The number of nitrogens with one attached hydrogen (secondary N) is 2. The van der Waals surface area contributed by atoms with Gasteiger partial charge in [-0.25, -0.2) is 9.78 Å². The number of carbonyl (C=O) groups is 1. The van der Waals surface area contributed by atoms with Gasteiger partial charge in [-0.05, 0) is 48.2 Å². The molecule has 0 unspecified atom stereocenters. The van der Waals surface area contributed by atoms with Crippen molar-refractivity contribution >= 4 is 11.8 Å². The first-order chi connectivity index (χ1) is 14.8. The molecule has 9 heteroatoms. The molecule has 0 atom stereocenters. The molecular formula is C22H19F3N4O2. The number of hydrogen-bond acceptors (Lipinski definition) is 3. The predicted molar refractivity (Wildman–Crippen MR) is 111 cm³/mol. The van der Waals surface area contributed by atoms with Crippen LogP contribution in [0.25, 0.3) is 22.4 Å². The van der Waals surface area contributed by atoms with Crippen LogP contribution in [0.5, 0.6) is 0 Å². The fraction of sp³-hybridized carbons (Fsp3) is 0.227. The minimum absolute atomic E-state index is 0.0508. The number of hydrogen-bond donors (Lipinski definition) is 2. The van der Waals surface area contributed by atoms with Crippen LogP contribution >= 0.6 is 0 Å². The molecule has 0 saturated carbocycles. The highest BCUT2D eigenvalue weighted by atomic mass is 19.4. The second-order valence-corrected chi connectivity index (χ2v) is 7.24. The lowest BCUT2D eigenvalue weighted by Crippen LogP contribution is -2.32. The van der Waals surface area contributed by atoms with Gasteiger partial charge in [-0.15, -0.1) is 0 Å². The second kappa shape index (κ2) is 8.25. The SMILES string of the molecule is O=C(Nc1cc(-c2cc(-c3ccccc3C(F)(F)F)[nH]c(=O)c2)ccn1)N1CCCC1. The molecule has 2 aromatic heterocycles. The van der Waals surface area contributed by atoms with Crippen molar-refractivity contribution in [1.29, 1.82) is 0 Å². The molecule has 160 valence electrons. The average Bonchev–Trinajstić information content (AvgIpc) is 3.28. The van der Waals surface area contributed by atoms with Crippen LogP contribution in [0.15, 0.2) is 59.5 Å². The summed E-state index contributed by atoms with van der Waals surface area (Å²) in [5, 5.41) is 2.73. The molecule has 0 spiro atoms. The molecule has 4 rings (SSSR count). The van der Waals surface area contributed by atoms with Gasteiger partial charge >= 0.3 is 12.2 Å². The van der Waals surface area contributed by atoms with E-state index in [4.69, 9.17) is 0 Å². The number of halogens is 3. The van der Waals surface area contributed by atoms with Crippen molar-refractivity contribution in [2.24, 2.45) is 0 Å². The Labute approximate surface area is 175 Å². The highest BCUT2D eigenvalue weighted by Crippen LogP contribution is 2.36. The Morgan fingerprint density at radius 2 is 1.77 bits per heavy atom. The lowest BCUT2D eigenvalue weighted by atomic mass is 10.0. The maximum absolute atomic E-state index is 13.4. The fourth-order valence-electron chi connectivity index (χ4n) is 3.61. The molecule has 0 aliphatic carbocycles. The molecule has 6 nitrogen and oxygen atoms in total. The second-order valence-electron chi connectivity index (χ2n) is 7.24. The van der Waals surface area contributed by atoms with E-state index in [0.717, 1.165) is 18.9 Å². The first-order valence-corrected chi connectivity index (χ1v) is 9.74. The molecule has 0 bridgehead atoms. The quantitative estimate of drug-likeness (QED) is 0.632. The third kappa shape index (κ3) is 4.60. The van der Waals surface area contributed by atoms with Crippen molar-refractivity contribution in [3.05, 3.63) is 70.6 Å². The van der Waals surface area contributed by atoms with Crippen LogP contribution in [-0.4, -0.2) is 34.0 Å². The van der Waals surface area contributed by atoms with Crippen molar-refractivity contribution in [3.8, 4) is 22.4 Å². The van der Waals surface area contributed by atoms with E-state index in [0.29, 0.717) is 30.0 Å². The Morgan fingerprint density at radius 1 is 1.03 bits per heavy atom. The molecule has 3 aromatic rings. The van der Waals surface area contributed by atoms with E-state index in [1.807, 2.05) is 0 Å². The van der Waals surface area contributed by atoms with Crippen molar-refractivity contribution in [3.63, 3.8) is 0 Å². The average molecular weight is 428 g/mol. The summed E-state index contributed by atoms with van der Waals surface area (Å²) >= 11 is 0. The number of rotatable bonds is 3. The highest BCUT2D eigenvalue weighted by Gasteiger charge is 2.33. The van der Waals surface area contributed by atoms with E-state index >= 15 is 0 Å². The van der Waals surface area contributed by atoms with Crippen LogP contribution in [0, 0.1) is 0 Å². The van der Waals surface area contributed by atoms with E-state index in [1.54, 1.807) is 17.0 Å². The Kier molecular flexibility index (Phi) is 5.50. The minimum atomic E-state index is -4.56. The minimum Gasteiger partial charge on any atom is -0.324 e. The number of nitrogens with zero attached hydrogens (tertiary/aromatic N) is 2. The number of aromatic nitrogens is 2. The number of pyridine rings is 2. The van der Waals surface area contributed by atoms with Gasteiger partial charge in [0.1, 0.15) is 5.82 Å². The molecule has 1 aliphatic rings. The third-order valence-electron chi connectivity index (χ3n) is 5.09. The normalized spacial score (nSPS) is 14.0. The Morgan fingerprint density at radius 3 is 2.52 bits per heavy atom. The summed E-state index contributed by atoms with van der Waals surface area (Å²) in [6.45, 7) is 1.36. The summed E-state index contributed by atoms with van der Waals surface area (Å²) in [5.41, 5.74) is -0.487. The van der Waals surface area contributed by atoms with Crippen LogP contribution < -0.4 is 10.9 Å². The third-order valence-corrected chi connectivity index (χ3v) is 5.09. The molecular weight excluding hydrogens is 409 g/mol. The van der Waals surface area contributed by atoms with E-state index < -0.39 is 17.3 Å². The lowest BCUT2D eigenvalue weighted by molar-refractivity contribution is -0.137. The van der Waals surface area contributed by atoms with Gasteiger partial charge in [0.05, 0.1) is 5.56 Å². The maximum Gasteiger partial charge on any atom is 0.417 e. The predicted octanol–water partition coefficient (Wildman–Crippen LogP) is 4.75. The zero-order chi connectivity index (χ0) is 22.0. The molecule has 0 radical (unpaired) electrons. The molecule has 31 heavy (non-hydrogen) atoms. The number of H-pyrrole nitrogens is 1. The van der Waals surface area contributed by atoms with Gasteiger partial charge in [-0.1, -0.05) is 18.2 Å². The largest absolute Gasteiger partial charge is 0.417 e. The summed E-state index contributed by atoms with van der Waals surface area (Å²) in [4.78, 5) is 32.8. The maximum atomic E-state index is 13.4. The van der Waals surface area contributed by atoms with E-state index in [2.05, 4.69) is 15.3 Å². The Hall–Kier alpha value is -3.62.